The lowest BCUT2D eigenvalue weighted by Gasteiger charge is -2.10. The molecule has 144 valence electrons. The van der Waals surface area contributed by atoms with Gasteiger partial charge in [-0.1, -0.05) is 12.1 Å². The van der Waals surface area contributed by atoms with Crippen LogP contribution >= 0.6 is 0 Å². The van der Waals surface area contributed by atoms with Crippen molar-refractivity contribution in [2.45, 2.75) is 32.8 Å². The van der Waals surface area contributed by atoms with E-state index in [1.807, 2.05) is 24.3 Å². The van der Waals surface area contributed by atoms with E-state index in [0.717, 1.165) is 0 Å². The molecule has 0 saturated heterocycles. The van der Waals surface area contributed by atoms with Gasteiger partial charge in [0.25, 0.3) is 0 Å². The minimum atomic E-state index is -0.378. The van der Waals surface area contributed by atoms with Crippen molar-refractivity contribution in [2.75, 3.05) is 19.0 Å². The first-order valence-electron chi connectivity index (χ1n) is 8.86. The Kier molecular flexibility index (Phi) is 7.67. The lowest BCUT2D eigenvalue weighted by molar-refractivity contribution is -0.116. The van der Waals surface area contributed by atoms with Gasteiger partial charge in [0.15, 0.2) is 11.5 Å². The van der Waals surface area contributed by atoms with Gasteiger partial charge in [-0.05, 0) is 56.7 Å². The Morgan fingerprint density at radius 3 is 2.30 bits per heavy atom. The molecular weight excluding hydrogens is 346 g/mol. The number of esters is 1. The number of hydrogen-bond acceptors (Lipinski definition) is 5. The molecule has 2 aromatic rings. The van der Waals surface area contributed by atoms with E-state index in [1.165, 1.54) is 0 Å². The second kappa shape index (κ2) is 10.2. The molecule has 0 heterocycles. The number of benzene rings is 2. The Morgan fingerprint density at radius 1 is 1.00 bits per heavy atom. The van der Waals surface area contributed by atoms with Gasteiger partial charge >= 0.3 is 5.97 Å². The first kappa shape index (κ1) is 20.3. The maximum atomic E-state index is 12.0. The molecule has 0 saturated carbocycles. The summed E-state index contributed by atoms with van der Waals surface area (Å²) < 4.78 is 16.0. The zero-order valence-electron chi connectivity index (χ0n) is 15.9. The van der Waals surface area contributed by atoms with Crippen LogP contribution < -0.4 is 14.8 Å². The van der Waals surface area contributed by atoms with Gasteiger partial charge in [-0.2, -0.15) is 0 Å². The number of anilines is 1. The predicted molar refractivity (Wildman–Crippen MR) is 103 cm³/mol. The molecule has 6 nitrogen and oxygen atoms in total. The molecule has 2 rings (SSSR count). The van der Waals surface area contributed by atoms with E-state index in [-0.39, 0.29) is 18.0 Å². The summed E-state index contributed by atoms with van der Waals surface area (Å²) in [6, 6.07) is 14.0. The van der Waals surface area contributed by atoms with E-state index < -0.39 is 0 Å². The second-order valence-corrected chi connectivity index (χ2v) is 6.18. The summed E-state index contributed by atoms with van der Waals surface area (Å²) >= 11 is 0. The highest BCUT2D eigenvalue weighted by Gasteiger charge is 2.10. The van der Waals surface area contributed by atoms with Crippen LogP contribution in [-0.2, 0) is 9.53 Å². The lowest BCUT2D eigenvalue weighted by atomic mass is 10.2. The Morgan fingerprint density at radius 2 is 1.67 bits per heavy atom. The molecule has 0 aliphatic heterocycles. The molecule has 0 aliphatic rings. The molecule has 0 unspecified atom stereocenters. The Balaban J connectivity index is 1.75. The number of amides is 1. The molecule has 0 atom stereocenters. The summed E-state index contributed by atoms with van der Waals surface area (Å²) in [6.45, 7) is 4.00. The van der Waals surface area contributed by atoms with Gasteiger partial charge in [-0.15, -0.1) is 0 Å². The van der Waals surface area contributed by atoms with Crippen LogP contribution in [-0.4, -0.2) is 31.7 Å². The maximum absolute atomic E-state index is 12.0. The van der Waals surface area contributed by atoms with Gasteiger partial charge in [0.05, 0.1) is 25.4 Å². The van der Waals surface area contributed by atoms with Crippen LogP contribution in [0.2, 0.25) is 0 Å². The number of hydrogen-bond donors (Lipinski definition) is 1. The fraction of sp³-hybridized carbons (Fsp3) is 0.333. The van der Waals surface area contributed by atoms with Gasteiger partial charge in [0, 0.05) is 12.1 Å². The minimum Gasteiger partial charge on any atom is -0.493 e. The highest BCUT2D eigenvalue weighted by atomic mass is 16.5. The number of rotatable bonds is 9. The third-order valence-electron chi connectivity index (χ3n) is 3.62. The number of carbonyl (C=O) groups excluding carboxylic acids is 2. The summed E-state index contributed by atoms with van der Waals surface area (Å²) in [5, 5.41) is 2.80. The Bertz CT molecular complexity index is 755. The highest BCUT2D eigenvalue weighted by Crippen LogP contribution is 2.25. The molecule has 27 heavy (non-hydrogen) atoms. The number of methoxy groups -OCH3 is 1. The predicted octanol–water partition coefficient (Wildman–Crippen LogP) is 4.06. The van der Waals surface area contributed by atoms with Gasteiger partial charge in [0.1, 0.15) is 0 Å². The monoisotopic (exact) mass is 371 g/mol. The molecule has 1 amide bonds. The van der Waals surface area contributed by atoms with Gasteiger partial charge in [0.2, 0.25) is 5.91 Å². The van der Waals surface area contributed by atoms with E-state index >= 15 is 0 Å². The van der Waals surface area contributed by atoms with Crippen LogP contribution in [0.25, 0.3) is 0 Å². The van der Waals surface area contributed by atoms with Crippen LogP contribution in [0, 0.1) is 0 Å². The van der Waals surface area contributed by atoms with Gasteiger partial charge in [-0.3, -0.25) is 4.79 Å². The smallest absolute Gasteiger partial charge is 0.338 e. The zero-order chi connectivity index (χ0) is 19.6. The summed E-state index contributed by atoms with van der Waals surface area (Å²) in [6.07, 6.45) is 0.726. The normalized spacial score (nSPS) is 10.4. The SMILES string of the molecule is COc1ccccc1OCCCC(=O)Nc1ccc(C(=O)OC(C)C)cc1. The van der Waals surface area contributed by atoms with Crippen molar-refractivity contribution in [1.82, 2.24) is 0 Å². The third kappa shape index (κ3) is 6.66. The van der Waals surface area contributed by atoms with Crippen LogP contribution in [0.1, 0.15) is 37.0 Å². The number of carbonyl (C=O) groups is 2. The van der Waals surface area contributed by atoms with Gasteiger partial charge < -0.3 is 19.5 Å². The van der Waals surface area contributed by atoms with Crippen molar-refractivity contribution in [3.63, 3.8) is 0 Å². The van der Waals surface area contributed by atoms with E-state index in [1.54, 1.807) is 45.2 Å². The quantitative estimate of drug-likeness (QED) is 0.531. The number of para-hydroxylation sites is 2. The van der Waals surface area contributed by atoms with Crippen LogP contribution in [0.3, 0.4) is 0 Å². The van der Waals surface area contributed by atoms with Crippen molar-refractivity contribution < 1.29 is 23.8 Å². The van der Waals surface area contributed by atoms with E-state index in [9.17, 15) is 9.59 Å². The van der Waals surface area contributed by atoms with Crippen molar-refractivity contribution in [2.24, 2.45) is 0 Å². The summed E-state index contributed by atoms with van der Waals surface area (Å²) in [5.41, 5.74) is 1.08. The van der Waals surface area contributed by atoms with Crippen molar-refractivity contribution in [3.05, 3.63) is 54.1 Å². The van der Waals surface area contributed by atoms with Crippen molar-refractivity contribution in [3.8, 4) is 11.5 Å². The van der Waals surface area contributed by atoms with Crippen molar-refractivity contribution in [1.29, 1.82) is 0 Å². The molecule has 0 fully saturated rings. The fourth-order valence-electron chi connectivity index (χ4n) is 2.35. The number of ether oxygens (including phenoxy) is 3. The average Bonchev–Trinajstić information content (AvgIpc) is 2.65. The number of nitrogens with one attached hydrogen (secondary N) is 1. The fourth-order valence-corrected chi connectivity index (χ4v) is 2.35. The largest absolute Gasteiger partial charge is 0.493 e. The maximum Gasteiger partial charge on any atom is 0.338 e. The van der Waals surface area contributed by atoms with Crippen LogP contribution in [0.4, 0.5) is 5.69 Å². The second-order valence-electron chi connectivity index (χ2n) is 6.18. The van der Waals surface area contributed by atoms with Gasteiger partial charge in [-0.25, -0.2) is 4.79 Å². The molecule has 1 N–H and O–H groups in total. The van der Waals surface area contributed by atoms with E-state index in [0.29, 0.717) is 42.2 Å². The minimum absolute atomic E-state index is 0.115. The first-order valence-corrected chi connectivity index (χ1v) is 8.86. The van der Waals surface area contributed by atoms with Crippen LogP contribution in [0.5, 0.6) is 11.5 Å². The summed E-state index contributed by atoms with van der Waals surface area (Å²) in [7, 11) is 1.59. The molecule has 0 bridgehead atoms. The third-order valence-corrected chi connectivity index (χ3v) is 3.62. The zero-order valence-corrected chi connectivity index (χ0v) is 15.9. The molecule has 0 spiro atoms. The molecule has 2 aromatic carbocycles. The molecule has 6 heteroatoms. The molecular formula is C21H25NO5. The molecule has 0 aromatic heterocycles. The topological polar surface area (TPSA) is 73.9 Å². The highest BCUT2D eigenvalue weighted by molar-refractivity contribution is 5.93. The average molecular weight is 371 g/mol. The van der Waals surface area contributed by atoms with Crippen LogP contribution in [0.15, 0.2) is 48.5 Å². The first-order chi connectivity index (χ1) is 13.0. The standard InChI is InChI=1S/C21H25NO5/c1-15(2)27-21(24)16-10-12-17(13-11-16)22-20(23)9-6-14-26-19-8-5-4-7-18(19)25-3/h4-5,7-8,10-13,15H,6,9,14H2,1-3H3,(H,22,23). The summed E-state index contributed by atoms with van der Waals surface area (Å²) in [5.74, 6) is 0.829. The van der Waals surface area contributed by atoms with E-state index in [2.05, 4.69) is 5.32 Å². The Labute approximate surface area is 159 Å². The molecule has 0 aliphatic carbocycles. The molecule has 0 radical (unpaired) electrons. The lowest BCUT2D eigenvalue weighted by Crippen LogP contribution is -2.14. The van der Waals surface area contributed by atoms with E-state index in [4.69, 9.17) is 14.2 Å². The summed E-state index contributed by atoms with van der Waals surface area (Å²) in [4.78, 5) is 23.8. The van der Waals surface area contributed by atoms with Crippen molar-refractivity contribution >= 4 is 17.6 Å². The Hall–Kier alpha value is -3.02.